The summed E-state index contributed by atoms with van der Waals surface area (Å²) in [6.07, 6.45) is 1.02. The van der Waals surface area contributed by atoms with Crippen molar-refractivity contribution in [1.29, 1.82) is 0 Å². The predicted molar refractivity (Wildman–Crippen MR) is 79.6 cm³/mol. The van der Waals surface area contributed by atoms with Crippen molar-refractivity contribution in [1.82, 2.24) is 9.88 Å². The Morgan fingerprint density at radius 1 is 1.10 bits per heavy atom. The van der Waals surface area contributed by atoms with E-state index in [2.05, 4.69) is 4.98 Å². The molecule has 104 valence electrons. The van der Waals surface area contributed by atoms with Crippen LogP contribution in [0.5, 0.6) is 0 Å². The van der Waals surface area contributed by atoms with Crippen LogP contribution in [0.1, 0.15) is 27.7 Å². The molecule has 4 heteroatoms. The Kier molecular flexibility index (Phi) is 2.59. The second kappa shape index (κ2) is 4.46. The van der Waals surface area contributed by atoms with Crippen molar-refractivity contribution in [3.63, 3.8) is 0 Å². The standard InChI is InChI=1S/C17H14N2O2/c20-16-13-6-1-2-7-14(13)17(21)19(16)10-11-9-18-15-8-4-3-5-12(11)15/h1-9,16,18,20H,10H2. The molecule has 0 saturated heterocycles. The maximum absolute atomic E-state index is 12.4. The molecule has 0 saturated carbocycles. The third-order valence-electron chi connectivity index (χ3n) is 4.04. The number of aliphatic hydroxyl groups is 1. The summed E-state index contributed by atoms with van der Waals surface area (Å²) in [5.74, 6) is -0.122. The number of H-pyrrole nitrogens is 1. The van der Waals surface area contributed by atoms with Gasteiger partial charge in [0.1, 0.15) is 0 Å². The lowest BCUT2D eigenvalue weighted by atomic mass is 10.1. The summed E-state index contributed by atoms with van der Waals surface area (Å²) in [4.78, 5) is 17.1. The Balaban J connectivity index is 1.71. The Bertz CT molecular complexity index is 837. The van der Waals surface area contributed by atoms with Gasteiger partial charge in [0.05, 0.1) is 6.54 Å². The van der Waals surface area contributed by atoms with E-state index in [-0.39, 0.29) is 5.91 Å². The average molecular weight is 278 g/mol. The molecule has 0 aliphatic carbocycles. The van der Waals surface area contributed by atoms with E-state index >= 15 is 0 Å². The molecule has 1 aromatic heterocycles. The molecule has 3 aromatic rings. The number of carbonyl (C=O) groups is 1. The van der Waals surface area contributed by atoms with Gasteiger partial charge in [-0.1, -0.05) is 36.4 Å². The molecule has 2 N–H and O–H groups in total. The highest BCUT2D eigenvalue weighted by Crippen LogP contribution is 2.33. The summed E-state index contributed by atoms with van der Waals surface area (Å²) in [5, 5.41) is 11.5. The largest absolute Gasteiger partial charge is 0.369 e. The van der Waals surface area contributed by atoms with E-state index in [1.54, 1.807) is 12.1 Å². The highest BCUT2D eigenvalue weighted by atomic mass is 16.3. The fraction of sp³-hybridized carbons (Fsp3) is 0.118. The number of amides is 1. The Morgan fingerprint density at radius 2 is 1.86 bits per heavy atom. The summed E-state index contributed by atoms with van der Waals surface area (Å²) in [7, 11) is 0. The van der Waals surface area contributed by atoms with Crippen molar-refractivity contribution in [2.24, 2.45) is 0 Å². The molecule has 2 aromatic carbocycles. The Morgan fingerprint density at radius 3 is 2.71 bits per heavy atom. The van der Waals surface area contributed by atoms with Gasteiger partial charge in [-0.15, -0.1) is 0 Å². The zero-order valence-electron chi connectivity index (χ0n) is 11.3. The topological polar surface area (TPSA) is 56.3 Å². The quantitative estimate of drug-likeness (QED) is 0.757. The van der Waals surface area contributed by atoms with Gasteiger partial charge in [0.2, 0.25) is 0 Å². The van der Waals surface area contributed by atoms with Gasteiger partial charge in [-0.25, -0.2) is 0 Å². The van der Waals surface area contributed by atoms with Crippen LogP contribution in [0.25, 0.3) is 10.9 Å². The molecule has 4 nitrogen and oxygen atoms in total. The SMILES string of the molecule is O=C1c2ccccc2C(O)N1Cc1c[nH]c2ccccc12. The highest BCUT2D eigenvalue weighted by molar-refractivity contribution is 5.99. The fourth-order valence-corrected chi connectivity index (χ4v) is 2.95. The minimum absolute atomic E-state index is 0.122. The smallest absolute Gasteiger partial charge is 0.256 e. The second-order valence-electron chi connectivity index (χ2n) is 5.25. The molecule has 21 heavy (non-hydrogen) atoms. The number of aromatic amines is 1. The van der Waals surface area contributed by atoms with Crippen LogP contribution in [0, 0.1) is 0 Å². The molecule has 2 heterocycles. The van der Waals surface area contributed by atoms with Crippen molar-refractivity contribution in [3.8, 4) is 0 Å². The van der Waals surface area contributed by atoms with E-state index in [1.807, 2.05) is 42.6 Å². The third kappa shape index (κ3) is 1.76. The molecule has 1 aliphatic rings. The van der Waals surface area contributed by atoms with E-state index in [0.717, 1.165) is 16.5 Å². The van der Waals surface area contributed by atoms with Crippen LogP contribution in [0.3, 0.4) is 0 Å². The van der Waals surface area contributed by atoms with Crippen molar-refractivity contribution in [2.75, 3.05) is 0 Å². The molecule has 1 amide bonds. The van der Waals surface area contributed by atoms with E-state index in [9.17, 15) is 9.90 Å². The normalized spacial score (nSPS) is 17.5. The van der Waals surface area contributed by atoms with Crippen LogP contribution >= 0.6 is 0 Å². The molecule has 4 rings (SSSR count). The monoisotopic (exact) mass is 278 g/mol. The third-order valence-corrected chi connectivity index (χ3v) is 4.04. The van der Waals surface area contributed by atoms with E-state index in [0.29, 0.717) is 17.7 Å². The van der Waals surface area contributed by atoms with E-state index in [4.69, 9.17) is 0 Å². The minimum Gasteiger partial charge on any atom is -0.369 e. The molecule has 0 spiro atoms. The number of aromatic nitrogens is 1. The number of para-hydroxylation sites is 1. The van der Waals surface area contributed by atoms with Crippen molar-refractivity contribution >= 4 is 16.8 Å². The van der Waals surface area contributed by atoms with Crippen LogP contribution in [-0.4, -0.2) is 20.9 Å². The van der Waals surface area contributed by atoms with E-state index < -0.39 is 6.23 Å². The highest BCUT2D eigenvalue weighted by Gasteiger charge is 2.35. The van der Waals surface area contributed by atoms with Gasteiger partial charge in [0, 0.05) is 28.2 Å². The molecule has 0 bridgehead atoms. The van der Waals surface area contributed by atoms with Crippen molar-refractivity contribution in [3.05, 3.63) is 71.4 Å². The lowest BCUT2D eigenvalue weighted by Gasteiger charge is -2.20. The summed E-state index contributed by atoms with van der Waals surface area (Å²) < 4.78 is 0. The lowest BCUT2D eigenvalue weighted by Crippen LogP contribution is -2.27. The molecule has 1 aliphatic heterocycles. The van der Waals surface area contributed by atoms with Gasteiger partial charge in [0.15, 0.2) is 6.23 Å². The van der Waals surface area contributed by atoms with Crippen LogP contribution in [0.15, 0.2) is 54.7 Å². The van der Waals surface area contributed by atoms with Crippen molar-refractivity contribution in [2.45, 2.75) is 12.8 Å². The molecular weight excluding hydrogens is 264 g/mol. The zero-order chi connectivity index (χ0) is 14.4. The van der Waals surface area contributed by atoms with Gasteiger partial charge in [-0.2, -0.15) is 0 Å². The number of carbonyl (C=O) groups excluding carboxylic acids is 1. The number of nitrogens with zero attached hydrogens (tertiary/aromatic N) is 1. The molecule has 1 atom stereocenters. The zero-order valence-corrected chi connectivity index (χ0v) is 11.3. The van der Waals surface area contributed by atoms with Crippen LogP contribution in [0.4, 0.5) is 0 Å². The number of hydrogen-bond donors (Lipinski definition) is 2. The molecular formula is C17H14N2O2. The minimum atomic E-state index is -0.873. The number of hydrogen-bond acceptors (Lipinski definition) is 2. The summed E-state index contributed by atoms with van der Waals surface area (Å²) >= 11 is 0. The fourth-order valence-electron chi connectivity index (χ4n) is 2.95. The molecule has 0 fully saturated rings. The maximum atomic E-state index is 12.4. The van der Waals surface area contributed by atoms with Crippen LogP contribution in [-0.2, 0) is 6.54 Å². The van der Waals surface area contributed by atoms with Crippen LogP contribution in [0.2, 0.25) is 0 Å². The van der Waals surface area contributed by atoms with Gasteiger partial charge in [0.25, 0.3) is 5.91 Å². The van der Waals surface area contributed by atoms with Crippen LogP contribution < -0.4 is 0 Å². The number of fused-ring (bicyclic) bond motifs is 2. The van der Waals surface area contributed by atoms with Gasteiger partial charge < -0.3 is 15.0 Å². The van der Waals surface area contributed by atoms with Gasteiger partial charge in [-0.05, 0) is 17.7 Å². The Labute approximate surface area is 121 Å². The number of nitrogens with one attached hydrogen (secondary N) is 1. The first-order valence-electron chi connectivity index (χ1n) is 6.88. The summed E-state index contributed by atoms with van der Waals surface area (Å²) in [6, 6.07) is 15.2. The first kappa shape index (κ1) is 12.2. The number of benzene rings is 2. The summed E-state index contributed by atoms with van der Waals surface area (Å²) in [6.45, 7) is 0.388. The number of aliphatic hydroxyl groups excluding tert-OH is 1. The first-order chi connectivity index (χ1) is 10.3. The maximum Gasteiger partial charge on any atom is 0.256 e. The summed E-state index contributed by atoms with van der Waals surface area (Å²) in [5.41, 5.74) is 3.31. The average Bonchev–Trinajstić information content (AvgIpc) is 3.04. The Hall–Kier alpha value is -2.59. The second-order valence-corrected chi connectivity index (χ2v) is 5.25. The van der Waals surface area contributed by atoms with Gasteiger partial charge in [-0.3, -0.25) is 4.79 Å². The van der Waals surface area contributed by atoms with Crippen molar-refractivity contribution < 1.29 is 9.90 Å². The lowest BCUT2D eigenvalue weighted by molar-refractivity contribution is 0.0139. The van der Waals surface area contributed by atoms with Gasteiger partial charge >= 0.3 is 0 Å². The first-order valence-corrected chi connectivity index (χ1v) is 6.88. The van der Waals surface area contributed by atoms with E-state index in [1.165, 1.54) is 4.90 Å². The predicted octanol–water partition coefficient (Wildman–Crippen LogP) is 2.81. The molecule has 1 unspecified atom stereocenters. The molecule has 0 radical (unpaired) electrons. The number of rotatable bonds is 2.